The SMILES string of the molecule is C[C@](O)(C#Cc1cccc(-n2ncc3ccccc32)c1)c1ncco1. The van der Waals surface area contributed by atoms with Gasteiger partial charge in [-0.3, -0.25) is 0 Å². The highest BCUT2D eigenvalue weighted by Gasteiger charge is 2.25. The quantitative estimate of drug-likeness (QED) is 0.573. The number of hydrogen-bond donors (Lipinski definition) is 1. The minimum absolute atomic E-state index is 0.175. The fraction of sp³-hybridized carbons (Fsp3) is 0.100. The van der Waals surface area contributed by atoms with E-state index in [4.69, 9.17) is 4.42 Å². The van der Waals surface area contributed by atoms with Gasteiger partial charge in [-0.25, -0.2) is 9.67 Å². The van der Waals surface area contributed by atoms with Gasteiger partial charge in [0.15, 0.2) is 5.60 Å². The van der Waals surface area contributed by atoms with Crippen molar-refractivity contribution in [1.82, 2.24) is 14.8 Å². The van der Waals surface area contributed by atoms with E-state index >= 15 is 0 Å². The van der Waals surface area contributed by atoms with Crippen molar-refractivity contribution in [2.45, 2.75) is 12.5 Å². The van der Waals surface area contributed by atoms with Gasteiger partial charge in [-0.05, 0) is 31.2 Å². The maximum atomic E-state index is 10.4. The number of nitrogens with zero attached hydrogens (tertiary/aromatic N) is 3. The highest BCUT2D eigenvalue weighted by Crippen LogP contribution is 2.20. The number of fused-ring (bicyclic) bond motifs is 1. The van der Waals surface area contributed by atoms with Gasteiger partial charge >= 0.3 is 0 Å². The lowest BCUT2D eigenvalue weighted by atomic mass is 10.1. The summed E-state index contributed by atoms with van der Waals surface area (Å²) in [6, 6.07) is 15.7. The lowest BCUT2D eigenvalue weighted by Crippen LogP contribution is -2.18. The first-order chi connectivity index (χ1) is 12.1. The highest BCUT2D eigenvalue weighted by atomic mass is 16.4. The van der Waals surface area contributed by atoms with Crippen molar-refractivity contribution in [2.75, 3.05) is 0 Å². The molecular weight excluding hydrogens is 314 g/mol. The molecule has 2 aromatic carbocycles. The third-order valence-corrected chi connectivity index (χ3v) is 3.87. The van der Waals surface area contributed by atoms with Crippen molar-refractivity contribution in [1.29, 1.82) is 0 Å². The molecule has 0 saturated carbocycles. The van der Waals surface area contributed by atoms with Gasteiger partial charge in [0.1, 0.15) is 6.26 Å². The lowest BCUT2D eigenvalue weighted by molar-refractivity contribution is 0.0893. The summed E-state index contributed by atoms with van der Waals surface area (Å²) in [5.74, 6) is 5.96. The fourth-order valence-corrected chi connectivity index (χ4v) is 2.60. The van der Waals surface area contributed by atoms with E-state index in [9.17, 15) is 5.11 Å². The standard InChI is InChI=1S/C20H15N3O2/c1-20(24,19-21-11-12-25-19)10-9-15-5-4-7-17(13-15)23-18-8-3-2-6-16(18)14-22-23/h2-8,11-14,24H,1H3/t20-/m0/s1. The lowest BCUT2D eigenvalue weighted by Gasteiger charge is -2.10. The Hall–Kier alpha value is -3.36. The number of rotatable bonds is 2. The Bertz CT molecular complexity index is 1080. The molecule has 0 saturated heterocycles. The topological polar surface area (TPSA) is 64.1 Å². The summed E-state index contributed by atoms with van der Waals surface area (Å²) in [6.07, 6.45) is 4.73. The zero-order valence-corrected chi connectivity index (χ0v) is 13.5. The highest BCUT2D eigenvalue weighted by molar-refractivity contribution is 5.80. The molecule has 0 unspecified atom stereocenters. The van der Waals surface area contributed by atoms with Gasteiger partial charge in [0.2, 0.25) is 5.89 Å². The molecule has 2 aromatic heterocycles. The van der Waals surface area contributed by atoms with Crippen molar-refractivity contribution in [3.05, 3.63) is 78.6 Å². The molecule has 1 N–H and O–H groups in total. The molecular formula is C20H15N3O2. The third kappa shape index (κ3) is 2.91. The Kier molecular flexibility index (Phi) is 3.60. The fourth-order valence-electron chi connectivity index (χ4n) is 2.60. The summed E-state index contributed by atoms with van der Waals surface area (Å²) in [6.45, 7) is 1.55. The van der Waals surface area contributed by atoms with E-state index < -0.39 is 5.60 Å². The third-order valence-electron chi connectivity index (χ3n) is 3.87. The molecule has 122 valence electrons. The van der Waals surface area contributed by atoms with E-state index in [-0.39, 0.29) is 5.89 Å². The molecule has 0 fully saturated rings. The van der Waals surface area contributed by atoms with Crippen LogP contribution in [0.1, 0.15) is 18.4 Å². The molecule has 0 spiro atoms. The monoisotopic (exact) mass is 329 g/mol. The van der Waals surface area contributed by atoms with Crippen LogP contribution in [0.15, 0.2) is 71.6 Å². The molecule has 1 atom stereocenters. The Balaban J connectivity index is 1.71. The predicted octanol–water partition coefficient (Wildman–Crippen LogP) is 3.27. The number of oxazole rings is 1. The minimum Gasteiger partial charge on any atom is -0.445 e. The van der Waals surface area contributed by atoms with E-state index in [1.807, 2.05) is 59.4 Å². The van der Waals surface area contributed by atoms with Gasteiger partial charge in [-0.15, -0.1) is 0 Å². The number of hydrogen-bond acceptors (Lipinski definition) is 4. The summed E-state index contributed by atoms with van der Waals surface area (Å²) < 4.78 is 7.01. The molecule has 0 aliphatic carbocycles. The van der Waals surface area contributed by atoms with Gasteiger partial charge in [0.05, 0.1) is 23.6 Å². The van der Waals surface area contributed by atoms with Gasteiger partial charge in [0, 0.05) is 10.9 Å². The molecule has 4 rings (SSSR count). The maximum absolute atomic E-state index is 10.4. The maximum Gasteiger partial charge on any atom is 0.238 e. The number of benzene rings is 2. The summed E-state index contributed by atoms with van der Waals surface area (Å²) in [5, 5.41) is 15.9. The zero-order chi connectivity index (χ0) is 17.3. The van der Waals surface area contributed by atoms with Crippen LogP contribution in [0.5, 0.6) is 0 Å². The average molecular weight is 329 g/mol. The molecule has 25 heavy (non-hydrogen) atoms. The zero-order valence-electron chi connectivity index (χ0n) is 13.5. The summed E-state index contributed by atoms with van der Waals surface area (Å²) in [5.41, 5.74) is 1.25. The van der Waals surface area contributed by atoms with Crippen LogP contribution in [0.2, 0.25) is 0 Å². The Morgan fingerprint density at radius 2 is 2.04 bits per heavy atom. The second kappa shape index (κ2) is 5.93. The van der Waals surface area contributed by atoms with Gasteiger partial charge < -0.3 is 9.52 Å². The Morgan fingerprint density at radius 1 is 1.16 bits per heavy atom. The molecule has 0 bridgehead atoms. The van der Waals surface area contributed by atoms with E-state index in [0.29, 0.717) is 0 Å². The van der Waals surface area contributed by atoms with Crippen LogP contribution in [-0.2, 0) is 5.60 Å². The molecule has 0 aliphatic heterocycles. The van der Waals surface area contributed by atoms with Crippen molar-refractivity contribution in [2.24, 2.45) is 0 Å². The first-order valence-corrected chi connectivity index (χ1v) is 7.82. The van der Waals surface area contributed by atoms with E-state index in [1.54, 1.807) is 6.92 Å². The normalized spacial score (nSPS) is 13.2. The van der Waals surface area contributed by atoms with Crippen molar-refractivity contribution >= 4 is 10.9 Å². The molecule has 0 amide bonds. The smallest absolute Gasteiger partial charge is 0.238 e. The summed E-state index contributed by atoms with van der Waals surface area (Å²) >= 11 is 0. The van der Waals surface area contributed by atoms with Crippen LogP contribution in [-0.4, -0.2) is 19.9 Å². The van der Waals surface area contributed by atoms with Crippen molar-refractivity contribution in [3.8, 4) is 17.5 Å². The molecule has 0 aliphatic rings. The van der Waals surface area contributed by atoms with Crippen LogP contribution in [0.3, 0.4) is 0 Å². The van der Waals surface area contributed by atoms with Gasteiger partial charge in [0.25, 0.3) is 0 Å². The average Bonchev–Trinajstić information content (AvgIpc) is 3.30. The second-order valence-electron chi connectivity index (χ2n) is 5.82. The molecule has 2 heterocycles. The van der Waals surface area contributed by atoms with Crippen molar-refractivity contribution < 1.29 is 9.52 Å². The number of para-hydroxylation sites is 1. The predicted molar refractivity (Wildman–Crippen MR) is 94.0 cm³/mol. The van der Waals surface area contributed by atoms with Crippen molar-refractivity contribution in [3.63, 3.8) is 0 Å². The molecule has 5 heteroatoms. The number of aliphatic hydroxyl groups is 1. The largest absolute Gasteiger partial charge is 0.445 e. The van der Waals surface area contributed by atoms with E-state index in [0.717, 1.165) is 22.2 Å². The van der Waals surface area contributed by atoms with E-state index in [1.165, 1.54) is 12.5 Å². The van der Waals surface area contributed by atoms with Gasteiger partial charge in [-0.1, -0.05) is 36.1 Å². The van der Waals surface area contributed by atoms with Crippen LogP contribution >= 0.6 is 0 Å². The number of aromatic nitrogens is 3. The summed E-state index contributed by atoms with van der Waals surface area (Å²) in [7, 11) is 0. The molecule has 4 aromatic rings. The summed E-state index contributed by atoms with van der Waals surface area (Å²) in [4.78, 5) is 3.96. The van der Waals surface area contributed by atoms with Crippen LogP contribution < -0.4 is 0 Å². The molecule has 5 nitrogen and oxygen atoms in total. The van der Waals surface area contributed by atoms with Crippen LogP contribution in [0.25, 0.3) is 16.6 Å². The van der Waals surface area contributed by atoms with Crippen LogP contribution in [0, 0.1) is 11.8 Å². The molecule has 0 radical (unpaired) electrons. The first-order valence-electron chi connectivity index (χ1n) is 7.82. The first kappa shape index (κ1) is 15.2. The Labute approximate surface area is 144 Å². The Morgan fingerprint density at radius 3 is 2.88 bits per heavy atom. The minimum atomic E-state index is -1.45. The van der Waals surface area contributed by atoms with Crippen LogP contribution in [0.4, 0.5) is 0 Å². The van der Waals surface area contributed by atoms with Gasteiger partial charge in [-0.2, -0.15) is 5.10 Å². The van der Waals surface area contributed by atoms with E-state index in [2.05, 4.69) is 21.9 Å². The second-order valence-corrected chi connectivity index (χ2v) is 5.82.